The van der Waals surface area contributed by atoms with E-state index in [1.807, 2.05) is 19.2 Å². The summed E-state index contributed by atoms with van der Waals surface area (Å²) in [5.41, 5.74) is 0.512. The van der Waals surface area contributed by atoms with Gasteiger partial charge < -0.3 is 9.47 Å². The van der Waals surface area contributed by atoms with Gasteiger partial charge in [-0.1, -0.05) is 12.1 Å². The third-order valence-corrected chi connectivity index (χ3v) is 6.60. The average molecular weight is 433 g/mol. The largest absolute Gasteiger partial charge is 0.573 e. The van der Waals surface area contributed by atoms with Crippen LogP contribution in [-0.2, 0) is 4.74 Å². The van der Waals surface area contributed by atoms with Crippen LogP contribution in [0.25, 0.3) is 0 Å². The van der Waals surface area contributed by atoms with Crippen molar-refractivity contribution in [3.8, 4) is 5.75 Å². The molecule has 1 fully saturated rings. The van der Waals surface area contributed by atoms with Gasteiger partial charge >= 0.3 is 6.36 Å². The molecule has 0 amide bonds. The highest BCUT2D eigenvalue weighted by atomic mass is 32.2. The third-order valence-electron chi connectivity index (χ3n) is 4.52. The molecule has 1 aliphatic heterocycles. The number of ether oxygens (including phenoxy) is 2. The summed E-state index contributed by atoms with van der Waals surface area (Å²) in [6, 6.07) is 11.0. The van der Waals surface area contributed by atoms with Crippen LogP contribution in [0.1, 0.15) is 31.4 Å². The van der Waals surface area contributed by atoms with E-state index in [9.17, 15) is 17.6 Å². The van der Waals surface area contributed by atoms with Gasteiger partial charge in [-0.2, -0.15) is 0 Å². The number of alkyl halides is 3. The zero-order valence-electron chi connectivity index (χ0n) is 15.4. The molecular weight excluding hydrogens is 412 g/mol. The van der Waals surface area contributed by atoms with Gasteiger partial charge in [-0.15, -0.1) is 36.7 Å². The van der Waals surface area contributed by atoms with Gasteiger partial charge in [0.25, 0.3) is 0 Å². The Kier molecular flexibility index (Phi) is 6.51. The van der Waals surface area contributed by atoms with E-state index in [2.05, 4.69) is 4.74 Å². The Hall–Kier alpha value is -1.38. The van der Waals surface area contributed by atoms with Gasteiger partial charge in [0, 0.05) is 26.7 Å². The fraction of sp³-hybridized carbons (Fsp3) is 0.400. The molecule has 0 bridgehead atoms. The maximum absolute atomic E-state index is 14.5. The first-order valence-corrected chi connectivity index (χ1v) is 10.7. The molecule has 152 valence electrons. The van der Waals surface area contributed by atoms with Crippen molar-refractivity contribution in [2.45, 2.75) is 46.8 Å². The number of thioether (sulfide) groups is 2. The van der Waals surface area contributed by atoms with Gasteiger partial charge in [0.05, 0.1) is 6.10 Å². The van der Waals surface area contributed by atoms with Crippen molar-refractivity contribution >= 4 is 23.5 Å². The van der Waals surface area contributed by atoms with Crippen LogP contribution in [0.15, 0.2) is 52.3 Å². The minimum absolute atomic E-state index is 0.247. The molecule has 2 atom stereocenters. The van der Waals surface area contributed by atoms with Crippen LogP contribution in [-0.4, -0.2) is 24.0 Å². The Morgan fingerprint density at radius 3 is 2.61 bits per heavy atom. The average Bonchev–Trinajstić information content (AvgIpc) is 2.60. The number of halogens is 4. The molecule has 1 heterocycles. The van der Waals surface area contributed by atoms with Crippen molar-refractivity contribution < 1.29 is 27.0 Å². The first kappa shape index (κ1) is 21.3. The smallest absolute Gasteiger partial charge is 0.406 e. The first-order chi connectivity index (χ1) is 13.2. The molecule has 1 aliphatic rings. The zero-order chi connectivity index (χ0) is 20.4. The standard InChI is InChI=1S/C20H20F4O2S2/c1-19(28-15-5-3-4-13(10-15)26-20(22,23)24)8-9-25-18(12-19)16-7-6-14(27-2)11-17(16)21/h3-7,10-11,18H,8-9,12H2,1-2H3. The van der Waals surface area contributed by atoms with E-state index in [-0.39, 0.29) is 16.3 Å². The van der Waals surface area contributed by atoms with Gasteiger partial charge in [0.15, 0.2) is 0 Å². The molecule has 3 rings (SSSR count). The molecule has 0 N–H and O–H groups in total. The van der Waals surface area contributed by atoms with E-state index in [1.165, 1.54) is 47.8 Å². The van der Waals surface area contributed by atoms with Crippen molar-refractivity contribution in [2.75, 3.05) is 12.9 Å². The molecule has 2 nitrogen and oxygen atoms in total. The zero-order valence-corrected chi connectivity index (χ0v) is 17.0. The minimum atomic E-state index is -4.72. The van der Waals surface area contributed by atoms with Gasteiger partial charge in [0.2, 0.25) is 0 Å². The van der Waals surface area contributed by atoms with Crippen molar-refractivity contribution in [3.05, 3.63) is 53.8 Å². The molecule has 28 heavy (non-hydrogen) atoms. The topological polar surface area (TPSA) is 18.5 Å². The maximum atomic E-state index is 14.5. The maximum Gasteiger partial charge on any atom is 0.573 e. The van der Waals surface area contributed by atoms with Crippen LogP contribution >= 0.6 is 23.5 Å². The molecule has 1 saturated heterocycles. The quantitative estimate of drug-likeness (QED) is 0.380. The highest BCUT2D eigenvalue weighted by Gasteiger charge is 2.36. The van der Waals surface area contributed by atoms with Crippen LogP contribution in [0.3, 0.4) is 0 Å². The molecule has 0 radical (unpaired) electrons. The summed E-state index contributed by atoms with van der Waals surface area (Å²) in [6.07, 6.45) is -1.97. The third kappa shape index (κ3) is 5.58. The molecular formula is C20H20F4O2S2. The van der Waals surface area contributed by atoms with E-state index < -0.39 is 12.5 Å². The summed E-state index contributed by atoms with van der Waals surface area (Å²) in [6.45, 7) is 2.48. The van der Waals surface area contributed by atoms with Gasteiger partial charge in [0.1, 0.15) is 11.6 Å². The Bertz CT molecular complexity index is 828. The minimum Gasteiger partial charge on any atom is -0.406 e. The van der Waals surface area contributed by atoms with Crippen LogP contribution in [0.2, 0.25) is 0 Å². The predicted molar refractivity (Wildman–Crippen MR) is 103 cm³/mol. The van der Waals surface area contributed by atoms with Gasteiger partial charge in [-0.25, -0.2) is 4.39 Å². The van der Waals surface area contributed by atoms with Crippen LogP contribution in [0, 0.1) is 5.82 Å². The highest BCUT2D eigenvalue weighted by Crippen LogP contribution is 2.47. The summed E-state index contributed by atoms with van der Waals surface area (Å²) in [5, 5.41) is 0. The molecule has 0 saturated carbocycles. The summed E-state index contributed by atoms with van der Waals surface area (Å²) in [7, 11) is 0. The van der Waals surface area contributed by atoms with Crippen molar-refractivity contribution in [2.24, 2.45) is 0 Å². The molecule has 0 spiro atoms. The summed E-state index contributed by atoms with van der Waals surface area (Å²) in [5.74, 6) is -0.546. The van der Waals surface area contributed by atoms with Crippen molar-refractivity contribution in [3.63, 3.8) is 0 Å². The van der Waals surface area contributed by atoms with Crippen LogP contribution in [0.4, 0.5) is 17.6 Å². The molecule has 2 aromatic carbocycles. The van der Waals surface area contributed by atoms with Gasteiger partial charge in [-0.3, -0.25) is 0 Å². The predicted octanol–water partition coefficient (Wildman–Crippen LogP) is 6.85. The van der Waals surface area contributed by atoms with Crippen molar-refractivity contribution in [1.82, 2.24) is 0 Å². The van der Waals surface area contributed by atoms with Crippen LogP contribution < -0.4 is 4.74 Å². The normalized spacial score (nSPS) is 22.9. The molecule has 0 aromatic heterocycles. The second-order valence-electron chi connectivity index (χ2n) is 6.78. The first-order valence-electron chi connectivity index (χ1n) is 8.67. The number of hydrogen-bond donors (Lipinski definition) is 0. The van der Waals surface area contributed by atoms with Crippen LogP contribution in [0.5, 0.6) is 5.75 Å². The van der Waals surface area contributed by atoms with E-state index >= 15 is 0 Å². The van der Waals surface area contributed by atoms with E-state index in [0.717, 1.165) is 4.90 Å². The monoisotopic (exact) mass is 432 g/mol. The fourth-order valence-electron chi connectivity index (χ4n) is 3.18. The Morgan fingerprint density at radius 2 is 1.93 bits per heavy atom. The number of benzene rings is 2. The molecule has 2 aromatic rings. The number of rotatable bonds is 5. The lowest BCUT2D eigenvalue weighted by atomic mass is 9.92. The molecule has 0 aliphatic carbocycles. The second-order valence-corrected chi connectivity index (χ2v) is 9.32. The Balaban J connectivity index is 1.75. The lowest BCUT2D eigenvalue weighted by molar-refractivity contribution is -0.274. The number of hydrogen-bond acceptors (Lipinski definition) is 4. The Morgan fingerprint density at radius 1 is 1.14 bits per heavy atom. The summed E-state index contributed by atoms with van der Waals surface area (Å²) in [4.78, 5) is 1.51. The summed E-state index contributed by atoms with van der Waals surface area (Å²) < 4.78 is 61.4. The lowest BCUT2D eigenvalue weighted by Gasteiger charge is -2.38. The van der Waals surface area contributed by atoms with E-state index in [0.29, 0.717) is 29.9 Å². The fourth-order valence-corrected chi connectivity index (χ4v) is 4.91. The summed E-state index contributed by atoms with van der Waals surface area (Å²) >= 11 is 2.93. The Labute approximate surface area is 170 Å². The molecule has 2 unspecified atom stereocenters. The van der Waals surface area contributed by atoms with Gasteiger partial charge in [-0.05, 0) is 56.4 Å². The highest BCUT2D eigenvalue weighted by molar-refractivity contribution is 8.00. The van der Waals surface area contributed by atoms with E-state index in [4.69, 9.17) is 4.74 Å². The second kappa shape index (κ2) is 8.55. The lowest BCUT2D eigenvalue weighted by Crippen LogP contribution is -2.32. The SMILES string of the molecule is CSc1ccc(C2CC(C)(Sc3cccc(OC(F)(F)F)c3)CCO2)c(F)c1. The van der Waals surface area contributed by atoms with E-state index in [1.54, 1.807) is 12.1 Å². The molecule has 8 heteroatoms. The van der Waals surface area contributed by atoms with Crippen molar-refractivity contribution in [1.29, 1.82) is 0 Å².